The second kappa shape index (κ2) is 10.3. The molecule has 0 radical (unpaired) electrons. The summed E-state index contributed by atoms with van der Waals surface area (Å²) in [5.74, 6) is 4.04. The van der Waals surface area contributed by atoms with E-state index in [2.05, 4.69) is 11.7 Å². The van der Waals surface area contributed by atoms with Crippen LogP contribution in [0.25, 0.3) is 0 Å². The Kier molecular flexibility index (Phi) is 7.50. The molecule has 172 valence electrons. The van der Waals surface area contributed by atoms with Gasteiger partial charge in [0.25, 0.3) is 0 Å². The van der Waals surface area contributed by atoms with E-state index < -0.39 is 6.61 Å². The third-order valence-electron chi connectivity index (χ3n) is 8.39. The van der Waals surface area contributed by atoms with Gasteiger partial charge in [0.15, 0.2) is 0 Å². The van der Waals surface area contributed by atoms with E-state index in [1.807, 2.05) is 0 Å². The Morgan fingerprint density at radius 2 is 1.58 bits per heavy atom. The highest BCUT2D eigenvalue weighted by atomic mass is 19.3. The molecule has 1 aromatic carbocycles. The lowest BCUT2D eigenvalue weighted by molar-refractivity contribution is -0.144. The third kappa shape index (κ3) is 5.59. The summed E-state index contributed by atoms with van der Waals surface area (Å²) in [4.78, 5) is 13.0. The first-order valence-electron chi connectivity index (χ1n) is 12.3. The van der Waals surface area contributed by atoms with Crippen LogP contribution in [0.3, 0.4) is 0 Å². The zero-order valence-corrected chi connectivity index (χ0v) is 18.6. The molecule has 0 bridgehead atoms. The van der Waals surface area contributed by atoms with Gasteiger partial charge < -0.3 is 9.47 Å². The van der Waals surface area contributed by atoms with Gasteiger partial charge in [-0.3, -0.25) is 4.79 Å². The van der Waals surface area contributed by atoms with Crippen molar-refractivity contribution in [3.63, 3.8) is 0 Å². The van der Waals surface area contributed by atoms with Gasteiger partial charge in [-0.25, -0.2) is 0 Å². The number of esters is 1. The van der Waals surface area contributed by atoms with Crippen LogP contribution in [0.15, 0.2) is 24.3 Å². The number of ether oxygens (including phenoxy) is 2. The van der Waals surface area contributed by atoms with Gasteiger partial charge in [-0.1, -0.05) is 39.0 Å². The molecule has 3 nitrogen and oxygen atoms in total. The summed E-state index contributed by atoms with van der Waals surface area (Å²) in [6, 6.07) is 5.88. The van der Waals surface area contributed by atoms with E-state index in [1.165, 1.54) is 75.6 Å². The first-order chi connectivity index (χ1) is 15.0. The quantitative estimate of drug-likeness (QED) is 0.350. The van der Waals surface area contributed by atoms with E-state index in [4.69, 9.17) is 4.74 Å². The smallest absolute Gasteiger partial charge is 0.387 e. The largest absolute Gasteiger partial charge is 0.435 e. The van der Waals surface area contributed by atoms with Crippen LogP contribution in [-0.2, 0) is 4.79 Å². The molecule has 4 atom stereocenters. The molecule has 0 saturated heterocycles. The van der Waals surface area contributed by atoms with Crippen molar-refractivity contribution < 1.29 is 23.0 Å². The average Bonchev–Trinajstić information content (AvgIpc) is 2.79. The second-order valence-electron chi connectivity index (χ2n) is 9.99. The molecule has 4 rings (SSSR count). The van der Waals surface area contributed by atoms with Gasteiger partial charge in [-0.05, 0) is 92.4 Å². The van der Waals surface area contributed by atoms with Crippen LogP contribution in [0, 0.1) is 35.5 Å². The maximum Gasteiger partial charge on any atom is 0.387 e. The second-order valence-corrected chi connectivity index (χ2v) is 9.99. The summed E-state index contributed by atoms with van der Waals surface area (Å²) in [6.45, 7) is -0.535. The molecular formula is C26H36F2O3. The minimum atomic E-state index is -2.86. The van der Waals surface area contributed by atoms with Crippen LogP contribution in [0.2, 0.25) is 0 Å². The average molecular weight is 435 g/mol. The molecule has 3 aliphatic carbocycles. The normalized spacial score (nSPS) is 33.5. The van der Waals surface area contributed by atoms with E-state index in [0.717, 1.165) is 37.0 Å². The highest BCUT2D eigenvalue weighted by Crippen LogP contribution is 2.50. The third-order valence-corrected chi connectivity index (χ3v) is 8.39. The predicted octanol–water partition coefficient (Wildman–Crippen LogP) is 7.24. The lowest BCUT2D eigenvalue weighted by Gasteiger charge is -2.46. The Morgan fingerprint density at radius 1 is 0.903 bits per heavy atom. The van der Waals surface area contributed by atoms with Crippen molar-refractivity contribution in [1.29, 1.82) is 0 Å². The molecule has 0 aromatic heterocycles. The molecule has 3 saturated carbocycles. The van der Waals surface area contributed by atoms with Crippen molar-refractivity contribution in [2.45, 2.75) is 84.2 Å². The molecular weight excluding hydrogens is 398 g/mol. The fraction of sp³-hybridized carbons (Fsp3) is 0.731. The Hall–Kier alpha value is -1.65. The molecule has 0 N–H and O–H groups in total. The maximum atomic E-state index is 13.0. The van der Waals surface area contributed by atoms with E-state index in [-0.39, 0.29) is 17.6 Å². The number of hydrogen-bond donors (Lipinski definition) is 0. The lowest BCUT2D eigenvalue weighted by Crippen LogP contribution is -2.40. The summed E-state index contributed by atoms with van der Waals surface area (Å²) in [5, 5.41) is 0. The van der Waals surface area contributed by atoms with Crippen molar-refractivity contribution in [2.75, 3.05) is 0 Å². The van der Waals surface area contributed by atoms with Crippen molar-refractivity contribution >= 4 is 5.97 Å². The number of fused-ring (bicyclic) bond motifs is 1. The number of benzene rings is 1. The summed E-state index contributed by atoms with van der Waals surface area (Å²) in [7, 11) is 0. The molecule has 5 heteroatoms. The summed E-state index contributed by atoms with van der Waals surface area (Å²) >= 11 is 0. The molecule has 4 unspecified atom stereocenters. The lowest BCUT2D eigenvalue weighted by atomic mass is 9.59. The van der Waals surface area contributed by atoms with Crippen LogP contribution in [-0.4, -0.2) is 12.6 Å². The SMILES string of the molecule is CCC1CCC(C2CCC3C(CCCC3C(=O)Oc3ccc(OC(F)F)cc3)C2)CC1. The number of carbonyl (C=O) groups is 1. The van der Waals surface area contributed by atoms with E-state index >= 15 is 0 Å². The standard InChI is InChI=1S/C26H36F2O3/c1-2-17-6-8-18(9-7-17)19-10-15-23-20(16-19)4-3-5-24(23)25(29)30-21-11-13-22(14-12-21)31-26(27)28/h11-14,17-20,23-24,26H,2-10,15-16H2,1H3. The van der Waals surface area contributed by atoms with Crippen LogP contribution < -0.4 is 9.47 Å². The van der Waals surface area contributed by atoms with Gasteiger partial charge >= 0.3 is 12.6 Å². The zero-order valence-electron chi connectivity index (χ0n) is 18.6. The van der Waals surface area contributed by atoms with Crippen LogP contribution in [0.5, 0.6) is 11.5 Å². The van der Waals surface area contributed by atoms with Gasteiger partial charge in [0.2, 0.25) is 0 Å². The molecule has 3 fully saturated rings. The van der Waals surface area contributed by atoms with E-state index in [9.17, 15) is 13.6 Å². The van der Waals surface area contributed by atoms with Crippen molar-refractivity contribution in [3.05, 3.63) is 24.3 Å². The highest BCUT2D eigenvalue weighted by Gasteiger charge is 2.43. The van der Waals surface area contributed by atoms with E-state index in [0.29, 0.717) is 17.6 Å². The van der Waals surface area contributed by atoms with Crippen LogP contribution in [0.4, 0.5) is 8.78 Å². The number of hydrogen-bond acceptors (Lipinski definition) is 3. The topological polar surface area (TPSA) is 35.5 Å². The number of alkyl halides is 2. The van der Waals surface area contributed by atoms with Crippen LogP contribution in [0.1, 0.15) is 77.6 Å². The Labute approximate surface area is 184 Å². The zero-order chi connectivity index (χ0) is 21.8. The van der Waals surface area contributed by atoms with Crippen molar-refractivity contribution in [2.24, 2.45) is 35.5 Å². The molecule has 0 aliphatic heterocycles. The highest BCUT2D eigenvalue weighted by molar-refractivity contribution is 5.75. The van der Waals surface area contributed by atoms with Gasteiger partial charge in [0, 0.05) is 0 Å². The van der Waals surface area contributed by atoms with Crippen LogP contribution >= 0.6 is 0 Å². The van der Waals surface area contributed by atoms with Gasteiger partial charge in [0.1, 0.15) is 11.5 Å². The van der Waals surface area contributed by atoms with Crippen molar-refractivity contribution in [1.82, 2.24) is 0 Å². The minimum absolute atomic E-state index is 0.0347. The summed E-state index contributed by atoms with van der Waals surface area (Å²) < 4.78 is 34.6. The molecule has 0 spiro atoms. The number of carbonyl (C=O) groups excluding carboxylic acids is 1. The first-order valence-corrected chi connectivity index (χ1v) is 12.3. The van der Waals surface area contributed by atoms with E-state index in [1.54, 1.807) is 0 Å². The monoisotopic (exact) mass is 434 g/mol. The van der Waals surface area contributed by atoms with Gasteiger partial charge in [-0.15, -0.1) is 0 Å². The Morgan fingerprint density at radius 3 is 2.26 bits per heavy atom. The molecule has 3 aliphatic rings. The first kappa shape index (κ1) is 22.5. The maximum absolute atomic E-state index is 13.0. The molecule has 0 heterocycles. The number of rotatable bonds is 6. The Balaban J connectivity index is 1.32. The summed E-state index contributed by atoms with van der Waals surface area (Å²) in [5.41, 5.74) is 0. The summed E-state index contributed by atoms with van der Waals surface area (Å²) in [6.07, 6.45) is 13.9. The van der Waals surface area contributed by atoms with Crippen molar-refractivity contribution in [3.8, 4) is 11.5 Å². The Bertz CT molecular complexity index is 712. The molecule has 0 amide bonds. The molecule has 31 heavy (non-hydrogen) atoms. The predicted molar refractivity (Wildman–Crippen MR) is 116 cm³/mol. The molecule has 1 aromatic rings. The minimum Gasteiger partial charge on any atom is -0.435 e. The van der Waals surface area contributed by atoms with Gasteiger partial charge in [0.05, 0.1) is 5.92 Å². The fourth-order valence-corrected chi connectivity index (χ4v) is 6.67. The fourth-order valence-electron chi connectivity index (χ4n) is 6.67. The van der Waals surface area contributed by atoms with Gasteiger partial charge in [-0.2, -0.15) is 8.78 Å². The number of halogens is 2.